The number of nitrogens with two attached hydrogens (primary N) is 1. The monoisotopic (exact) mass is 294 g/mol. The van der Waals surface area contributed by atoms with Crippen molar-refractivity contribution in [1.82, 2.24) is 14.7 Å². The molecule has 1 heterocycles. The van der Waals surface area contributed by atoms with Gasteiger partial charge in [0.2, 0.25) is 10.0 Å². The highest BCUT2D eigenvalue weighted by Gasteiger charge is 2.13. The van der Waals surface area contributed by atoms with Gasteiger partial charge >= 0.3 is 0 Å². The molecule has 7 heteroatoms. The smallest absolute Gasteiger partial charge is 0.240 e. The van der Waals surface area contributed by atoms with Gasteiger partial charge in [-0.15, -0.1) is 0 Å². The minimum Gasteiger partial charge on any atom is -0.349 e. The van der Waals surface area contributed by atoms with Crippen LogP contribution in [0.15, 0.2) is 41.6 Å². The van der Waals surface area contributed by atoms with E-state index in [0.717, 1.165) is 11.4 Å². The number of sulfonamides is 1. The van der Waals surface area contributed by atoms with Crippen LogP contribution in [-0.2, 0) is 16.4 Å². The van der Waals surface area contributed by atoms with Gasteiger partial charge in [0.1, 0.15) is 5.82 Å². The second-order valence-corrected chi connectivity index (χ2v) is 6.31. The molecule has 0 aliphatic rings. The van der Waals surface area contributed by atoms with Crippen LogP contribution >= 0.6 is 0 Å². The van der Waals surface area contributed by atoms with E-state index in [1.807, 2.05) is 6.92 Å². The Hall–Kier alpha value is -1.70. The molecule has 0 saturated carbocycles. The van der Waals surface area contributed by atoms with Gasteiger partial charge in [0.25, 0.3) is 0 Å². The normalized spacial score (nSPS) is 13.3. The van der Waals surface area contributed by atoms with Crippen molar-refractivity contribution in [2.75, 3.05) is 6.54 Å². The number of H-pyrrole nitrogens is 1. The molecule has 1 atom stereocenters. The van der Waals surface area contributed by atoms with Crippen molar-refractivity contribution >= 4 is 10.0 Å². The van der Waals surface area contributed by atoms with E-state index in [-0.39, 0.29) is 10.9 Å². The van der Waals surface area contributed by atoms with Gasteiger partial charge in [0, 0.05) is 31.4 Å². The highest BCUT2D eigenvalue weighted by atomic mass is 32.2. The highest BCUT2D eigenvalue weighted by molar-refractivity contribution is 7.89. The Kier molecular flexibility index (Phi) is 4.53. The predicted octanol–water partition coefficient (Wildman–Crippen LogP) is 0.950. The number of hydrogen-bond donors (Lipinski definition) is 3. The van der Waals surface area contributed by atoms with Gasteiger partial charge in [0.15, 0.2) is 0 Å². The van der Waals surface area contributed by atoms with Crippen LogP contribution in [0.3, 0.4) is 0 Å². The van der Waals surface area contributed by atoms with Crippen LogP contribution in [0.2, 0.25) is 0 Å². The number of aromatic nitrogens is 2. The van der Waals surface area contributed by atoms with Crippen molar-refractivity contribution in [3.05, 3.63) is 48.0 Å². The van der Waals surface area contributed by atoms with E-state index in [9.17, 15) is 8.42 Å². The SMILES string of the molecule is CC(N)c1ccc(S(=O)(=O)NCCc2ncc[nH]2)cc1. The van der Waals surface area contributed by atoms with E-state index in [1.54, 1.807) is 36.7 Å². The summed E-state index contributed by atoms with van der Waals surface area (Å²) >= 11 is 0. The van der Waals surface area contributed by atoms with Crippen LogP contribution in [0.4, 0.5) is 0 Å². The third-order valence-electron chi connectivity index (χ3n) is 2.92. The first-order valence-corrected chi connectivity index (χ1v) is 7.81. The molecule has 0 fully saturated rings. The maximum atomic E-state index is 12.1. The fourth-order valence-corrected chi connectivity index (χ4v) is 2.80. The number of rotatable bonds is 6. The van der Waals surface area contributed by atoms with E-state index in [4.69, 9.17) is 5.73 Å². The summed E-state index contributed by atoms with van der Waals surface area (Å²) in [4.78, 5) is 7.20. The molecule has 0 aliphatic heterocycles. The highest BCUT2D eigenvalue weighted by Crippen LogP contribution is 2.14. The van der Waals surface area contributed by atoms with Crippen molar-refractivity contribution in [2.24, 2.45) is 5.73 Å². The lowest BCUT2D eigenvalue weighted by Crippen LogP contribution is -2.26. The number of imidazole rings is 1. The predicted molar refractivity (Wildman–Crippen MR) is 76.5 cm³/mol. The number of nitrogens with zero attached hydrogens (tertiary/aromatic N) is 1. The molecule has 0 bridgehead atoms. The van der Waals surface area contributed by atoms with Gasteiger partial charge in [-0.3, -0.25) is 0 Å². The van der Waals surface area contributed by atoms with Crippen molar-refractivity contribution in [1.29, 1.82) is 0 Å². The molecule has 4 N–H and O–H groups in total. The Morgan fingerprint density at radius 1 is 1.35 bits per heavy atom. The first-order chi connectivity index (χ1) is 9.49. The van der Waals surface area contributed by atoms with Crippen molar-refractivity contribution in [2.45, 2.75) is 24.3 Å². The van der Waals surface area contributed by atoms with Crippen LogP contribution in [0.5, 0.6) is 0 Å². The summed E-state index contributed by atoms with van der Waals surface area (Å²) < 4.78 is 26.7. The Bertz CT molecular complexity index is 634. The van der Waals surface area contributed by atoms with E-state index in [2.05, 4.69) is 14.7 Å². The van der Waals surface area contributed by atoms with Crippen LogP contribution in [0.1, 0.15) is 24.4 Å². The molecule has 6 nitrogen and oxygen atoms in total. The van der Waals surface area contributed by atoms with Crippen LogP contribution in [0, 0.1) is 0 Å². The molecule has 0 radical (unpaired) electrons. The third kappa shape index (κ3) is 3.66. The van der Waals surface area contributed by atoms with Crippen LogP contribution in [0.25, 0.3) is 0 Å². The second-order valence-electron chi connectivity index (χ2n) is 4.54. The number of nitrogens with one attached hydrogen (secondary N) is 2. The zero-order valence-electron chi connectivity index (χ0n) is 11.2. The summed E-state index contributed by atoms with van der Waals surface area (Å²) in [5.74, 6) is 0.750. The Morgan fingerprint density at radius 3 is 2.60 bits per heavy atom. The van der Waals surface area contributed by atoms with Crippen molar-refractivity contribution in [3.63, 3.8) is 0 Å². The standard InChI is InChI=1S/C13H18N4O2S/c1-10(14)11-2-4-12(5-3-11)20(18,19)17-7-6-13-15-8-9-16-13/h2-5,8-10,17H,6-7,14H2,1H3,(H,15,16). The minimum atomic E-state index is -3.49. The molecule has 0 saturated heterocycles. The van der Waals surface area contributed by atoms with E-state index in [0.29, 0.717) is 13.0 Å². The van der Waals surface area contributed by atoms with Gasteiger partial charge in [-0.05, 0) is 24.6 Å². The first kappa shape index (κ1) is 14.7. The zero-order valence-corrected chi connectivity index (χ0v) is 12.0. The van der Waals surface area contributed by atoms with Crippen LogP contribution < -0.4 is 10.5 Å². The summed E-state index contributed by atoms with van der Waals surface area (Å²) in [7, 11) is -3.49. The quantitative estimate of drug-likeness (QED) is 0.738. The van der Waals surface area contributed by atoms with E-state index >= 15 is 0 Å². The van der Waals surface area contributed by atoms with Gasteiger partial charge in [-0.2, -0.15) is 0 Å². The average molecular weight is 294 g/mol. The zero-order chi connectivity index (χ0) is 14.6. The minimum absolute atomic E-state index is 0.112. The van der Waals surface area contributed by atoms with E-state index in [1.165, 1.54) is 0 Å². The molecule has 2 rings (SSSR count). The Morgan fingerprint density at radius 2 is 2.05 bits per heavy atom. The van der Waals surface area contributed by atoms with Gasteiger partial charge < -0.3 is 10.7 Å². The number of benzene rings is 1. The maximum absolute atomic E-state index is 12.1. The Balaban J connectivity index is 1.99. The molecule has 20 heavy (non-hydrogen) atoms. The lowest BCUT2D eigenvalue weighted by atomic mass is 10.1. The Labute approximate surface area is 118 Å². The van der Waals surface area contributed by atoms with Crippen molar-refractivity contribution in [3.8, 4) is 0 Å². The van der Waals surface area contributed by atoms with Crippen LogP contribution in [-0.4, -0.2) is 24.9 Å². The molecule has 2 aromatic rings. The van der Waals surface area contributed by atoms with Gasteiger partial charge in [-0.1, -0.05) is 12.1 Å². The molecule has 0 amide bonds. The molecule has 1 unspecified atom stereocenters. The summed E-state index contributed by atoms with van der Waals surface area (Å²) in [6, 6.07) is 6.47. The lowest BCUT2D eigenvalue weighted by Gasteiger charge is -2.08. The lowest BCUT2D eigenvalue weighted by molar-refractivity contribution is 0.581. The molecule has 1 aromatic carbocycles. The van der Waals surface area contributed by atoms with Gasteiger partial charge in [0.05, 0.1) is 4.90 Å². The maximum Gasteiger partial charge on any atom is 0.240 e. The molecular weight excluding hydrogens is 276 g/mol. The summed E-state index contributed by atoms with van der Waals surface area (Å²) in [6.07, 6.45) is 3.86. The fourth-order valence-electron chi connectivity index (χ4n) is 1.77. The molecule has 0 spiro atoms. The van der Waals surface area contributed by atoms with E-state index < -0.39 is 10.0 Å². The fraction of sp³-hybridized carbons (Fsp3) is 0.308. The second kappa shape index (κ2) is 6.17. The van der Waals surface area contributed by atoms with Crippen molar-refractivity contribution < 1.29 is 8.42 Å². The molecule has 1 aromatic heterocycles. The summed E-state index contributed by atoms with van der Waals surface area (Å²) in [6.45, 7) is 2.15. The summed E-state index contributed by atoms with van der Waals surface area (Å²) in [5, 5.41) is 0. The first-order valence-electron chi connectivity index (χ1n) is 6.32. The average Bonchev–Trinajstić information content (AvgIpc) is 2.92. The largest absolute Gasteiger partial charge is 0.349 e. The molecule has 0 aliphatic carbocycles. The number of hydrogen-bond acceptors (Lipinski definition) is 4. The number of aromatic amines is 1. The topological polar surface area (TPSA) is 101 Å². The van der Waals surface area contributed by atoms with Gasteiger partial charge in [-0.25, -0.2) is 18.1 Å². The molecule has 108 valence electrons. The summed E-state index contributed by atoms with van der Waals surface area (Å²) in [5.41, 5.74) is 6.63. The third-order valence-corrected chi connectivity index (χ3v) is 4.40. The molecular formula is C13H18N4O2S.